The van der Waals surface area contributed by atoms with Crippen molar-refractivity contribution in [3.8, 4) is 11.6 Å². The van der Waals surface area contributed by atoms with Crippen molar-refractivity contribution >= 4 is 21.8 Å². The predicted octanol–water partition coefficient (Wildman–Crippen LogP) is 3.20. The summed E-state index contributed by atoms with van der Waals surface area (Å²) in [6.45, 7) is 4.51. The van der Waals surface area contributed by atoms with Crippen LogP contribution in [0.25, 0.3) is 5.69 Å². The van der Waals surface area contributed by atoms with Gasteiger partial charge in [-0.15, -0.1) is 4.80 Å². The number of hydrogen-bond acceptors (Lipinski definition) is 6. The van der Waals surface area contributed by atoms with Gasteiger partial charge < -0.3 is 9.64 Å². The van der Waals surface area contributed by atoms with Crippen LogP contribution in [-0.4, -0.2) is 54.5 Å². The molecule has 1 aliphatic heterocycles. The Morgan fingerprint density at radius 2 is 2.00 bits per heavy atom. The normalized spacial score (nSPS) is 19.2. The van der Waals surface area contributed by atoms with Crippen LogP contribution in [0.5, 0.6) is 5.88 Å². The van der Waals surface area contributed by atoms with Gasteiger partial charge in [-0.1, -0.05) is 0 Å². The smallest absolute Gasteiger partial charge is 0.275 e. The standard InChI is InChI=1S/C20H21BrN6O2/c1-13-5-7-16(27-23-9-10-24-27)19(25-13)20(28)26-11-3-4-17(14(26)2)29-18-8-6-15(21)12-22-18/h5-10,12,14,17H,3-4,11H2,1-2H3. The summed E-state index contributed by atoms with van der Waals surface area (Å²) in [4.78, 5) is 25.5. The number of halogens is 1. The Hall–Kier alpha value is -2.81. The number of aryl methyl sites for hydroxylation is 1. The zero-order valence-electron chi connectivity index (χ0n) is 16.2. The largest absolute Gasteiger partial charge is 0.472 e. The minimum atomic E-state index is -0.148. The molecule has 8 nitrogen and oxygen atoms in total. The number of carbonyl (C=O) groups excluding carboxylic acids is 1. The van der Waals surface area contributed by atoms with Gasteiger partial charge in [0.2, 0.25) is 5.88 Å². The predicted molar refractivity (Wildman–Crippen MR) is 110 cm³/mol. The maximum atomic E-state index is 13.4. The van der Waals surface area contributed by atoms with Gasteiger partial charge in [-0.05, 0) is 60.8 Å². The lowest BCUT2D eigenvalue weighted by Crippen LogP contribution is -2.51. The molecule has 0 N–H and O–H groups in total. The first-order valence-corrected chi connectivity index (χ1v) is 10.3. The van der Waals surface area contributed by atoms with Crippen molar-refractivity contribution in [2.24, 2.45) is 0 Å². The molecule has 1 saturated heterocycles. The molecule has 150 valence electrons. The number of amides is 1. The molecule has 1 aliphatic rings. The van der Waals surface area contributed by atoms with E-state index >= 15 is 0 Å². The molecular formula is C20H21BrN6O2. The average Bonchev–Trinajstić information content (AvgIpc) is 3.25. The second kappa shape index (κ2) is 8.28. The fourth-order valence-corrected chi connectivity index (χ4v) is 3.72. The van der Waals surface area contributed by atoms with Crippen LogP contribution in [0, 0.1) is 6.92 Å². The Balaban J connectivity index is 1.58. The Bertz CT molecular complexity index is 993. The van der Waals surface area contributed by atoms with Crippen LogP contribution in [0.4, 0.5) is 0 Å². The van der Waals surface area contributed by atoms with Crippen LogP contribution in [0.15, 0.2) is 47.3 Å². The molecule has 4 rings (SSSR count). The summed E-state index contributed by atoms with van der Waals surface area (Å²) >= 11 is 3.38. The van der Waals surface area contributed by atoms with Gasteiger partial charge in [0.05, 0.1) is 18.4 Å². The fraction of sp³-hybridized carbons (Fsp3) is 0.350. The van der Waals surface area contributed by atoms with Gasteiger partial charge in [0.1, 0.15) is 11.8 Å². The quantitative estimate of drug-likeness (QED) is 0.598. The highest BCUT2D eigenvalue weighted by Gasteiger charge is 2.35. The maximum absolute atomic E-state index is 13.4. The average molecular weight is 457 g/mol. The molecule has 4 heterocycles. The minimum Gasteiger partial charge on any atom is -0.472 e. The Kier molecular flexibility index (Phi) is 5.57. The SMILES string of the molecule is Cc1ccc(-n2nccn2)c(C(=O)N2CCCC(Oc3ccc(Br)cn3)C2C)n1. The summed E-state index contributed by atoms with van der Waals surface area (Å²) in [5.41, 5.74) is 1.67. The summed E-state index contributed by atoms with van der Waals surface area (Å²) in [6.07, 6.45) is 6.42. The third-order valence-electron chi connectivity index (χ3n) is 5.00. The number of piperidine rings is 1. The molecule has 1 fully saturated rings. The van der Waals surface area contributed by atoms with E-state index in [0.717, 1.165) is 23.0 Å². The number of ether oxygens (including phenoxy) is 1. The van der Waals surface area contributed by atoms with Crippen LogP contribution >= 0.6 is 15.9 Å². The monoisotopic (exact) mass is 456 g/mol. The Morgan fingerprint density at radius 1 is 1.21 bits per heavy atom. The minimum absolute atomic E-state index is 0.123. The van der Waals surface area contributed by atoms with Crippen molar-refractivity contribution in [2.75, 3.05) is 6.54 Å². The molecule has 1 amide bonds. The molecule has 29 heavy (non-hydrogen) atoms. The molecule has 2 unspecified atom stereocenters. The number of hydrogen-bond donors (Lipinski definition) is 0. The molecule has 0 radical (unpaired) electrons. The first-order valence-electron chi connectivity index (χ1n) is 9.46. The molecule has 0 saturated carbocycles. The van der Waals surface area contributed by atoms with Crippen molar-refractivity contribution in [2.45, 2.75) is 38.8 Å². The highest BCUT2D eigenvalue weighted by molar-refractivity contribution is 9.10. The maximum Gasteiger partial charge on any atom is 0.275 e. The van der Waals surface area contributed by atoms with Crippen LogP contribution < -0.4 is 4.74 Å². The number of likely N-dealkylation sites (tertiary alicyclic amines) is 1. The molecule has 3 aromatic rings. The molecule has 0 aliphatic carbocycles. The first-order chi connectivity index (χ1) is 14.0. The van der Waals surface area contributed by atoms with E-state index in [4.69, 9.17) is 4.74 Å². The van der Waals surface area contributed by atoms with E-state index in [1.165, 1.54) is 4.80 Å². The van der Waals surface area contributed by atoms with E-state index in [1.807, 2.05) is 43.0 Å². The van der Waals surface area contributed by atoms with E-state index in [-0.39, 0.29) is 18.1 Å². The number of carbonyl (C=O) groups is 1. The molecule has 3 aromatic heterocycles. The van der Waals surface area contributed by atoms with Crippen LogP contribution in [0.2, 0.25) is 0 Å². The van der Waals surface area contributed by atoms with E-state index in [0.29, 0.717) is 23.8 Å². The summed E-state index contributed by atoms with van der Waals surface area (Å²) in [6, 6.07) is 7.26. The van der Waals surface area contributed by atoms with Crippen LogP contribution in [0.3, 0.4) is 0 Å². The summed E-state index contributed by atoms with van der Waals surface area (Å²) in [5, 5.41) is 8.32. The molecule has 9 heteroatoms. The molecule has 0 bridgehead atoms. The molecule has 2 atom stereocenters. The third-order valence-corrected chi connectivity index (χ3v) is 5.47. The van der Waals surface area contributed by atoms with Gasteiger partial charge in [0, 0.05) is 29.0 Å². The number of rotatable bonds is 4. The van der Waals surface area contributed by atoms with Gasteiger partial charge in [-0.2, -0.15) is 10.2 Å². The lowest BCUT2D eigenvalue weighted by atomic mass is 9.99. The van der Waals surface area contributed by atoms with Crippen LogP contribution in [0.1, 0.15) is 35.9 Å². The lowest BCUT2D eigenvalue weighted by molar-refractivity contribution is 0.0261. The zero-order valence-corrected chi connectivity index (χ0v) is 17.8. The highest BCUT2D eigenvalue weighted by atomic mass is 79.9. The number of nitrogens with zero attached hydrogens (tertiary/aromatic N) is 6. The van der Waals surface area contributed by atoms with Gasteiger partial charge in [-0.3, -0.25) is 4.79 Å². The lowest BCUT2D eigenvalue weighted by Gasteiger charge is -2.39. The van der Waals surface area contributed by atoms with E-state index in [1.54, 1.807) is 18.6 Å². The molecule has 0 spiro atoms. The summed E-state index contributed by atoms with van der Waals surface area (Å²) in [5.74, 6) is 0.403. The Morgan fingerprint density at radius 3 is 2.72 bits per heavy atom. The van der Waals surface area contributed by atoms with Crippen molar-refractivity contribution in [1.82, 2.24) is 29.9 Å². The highest BCUT2D eigenvalue weighted by Crippen LogP contribution is 2.25. The second-order valence-electron chi connectivity index (χ2n) is 6.99. The fourth-order valence-electron chi connectivity index (χ4n) is 3.48. The van der Waals surface area contributed by atoms with Gasteiger partial charge >= 0.3 is 0 Å². The van der Waals surface area contributed by atoms with Crippen molar-refractivity contribution in [1.29, 1.82) is 0 Å². The number of aromatic nitrogens is 5. The van der Waals surface area contributed by atoms with E-state index in [9.17, 15) is 4.79 Å². The van der Waals surface area contributed by atoms with Gasteiger partial charge in [0.25, 0.3) is 5.91 Å². The van der Waals surface area contributed by atoms with Crippen molar-refractivity contribution in [3.05, 3.63) is 58.7 Å². The first kappa shape index (κ1) is 19.5. The molecule has 0 aromatic carbocycles. The van der Waals surface area contributed by atoms with E-state index in [2.05, 4.69) is 36.1 Å². The second-order valence-corrected chi connectivity index (χ2v) is 7.91. The Labute approximate surface area is 177 Å². The van der Waals surface area contributed by atoms with Gasteiger partial charge in [-0.25, -0.2) is 9.97 Å². The van der Waals surface area contributed by atoms with Crippen molar-refractivity contribution in [3.63, 3.8) is 0 Å². The van der Waals surface area contributed by atoms with Gasteiger partial charge in [0.15, 0.2) is 5.69 Å². The van der Waals surface area contributed by atoms with Crippen LogP contribution in [-0.2, 0) is 0 Å². The summed E-state index contributed by atoms with van der Waals surface area (Å²) in [7, 11) is 0. The van der Waals surface area contributed by atoms with E-state index < -0.39 is 0 Å². The molecular weight excluding hydrogens is 436 g/mol. The third kappa shape index (κ3) is 4.14. The zero-order chi connectivity index (χ0) is 20.4. The van der Waals surface area contributed by atoms with Crippen molar-refractivity contribution < 1.29 is 9.53 Å². The topological polar surface area (TPSA) is 86.0 Å². The summed E-state index contributed by atoms with van der Waals surface area (Å²) < 4.78 is 6.98. The number of pyridine rings is 2.